The van der Waals surface area contributed by atoms with E-state index in [2.05, 4.69) is 36.3 Å². The van der Waals surface area contributed by atoms with E-state index in [-0.39, 0.29) is 11.7 Å². The molecule has 2 rings (SSSR count). The summed E-state index contributed by atoms with van der Waals surface area (Å²) in [6, 6.07) is 15.1. The summed E-state index contributed by atoms with van der Waals surface area (Å²) in [5.74, 6) is 0.278. The fraction of sp³-hybridized carbons (Fsp3) is 0.364. The van der Waals surface area contributed by atoms with E-state index in [4.69, 9.17) is 4.74 Å². The van der Waals surface area contributed by atoms with Gasteiger partial charge in [0.1, 0.15) is 5.75 Å². The van der Waals surface area contributed by atoms with Gasteiger partial charge in [-0.1, -0.05) is 43.3 Å². The predicted octanol–water partition coefficient (Wildman–Crippen LogP) is 3.42. The molecule has 0 saturated carbocycles. The lowest BCUT2D eigenvalue weighted by Crippen LogP contribution is -2.35. The van der Waals surface area contributed by atoms with Crippen molar-refractivity contribution in [2.75, 3.05) is 13.6 Å². The van der Waals surface area contributed by atoms with Crippen LogP contribution in [0.15, 0.2) is 48.5 Å². The number of carbonyl (C=O) groups is 2. The van der Waals surface area contributed by atoms with E-state index in [0.717, 1.165) is 18.7 Å². The van der Waals surface area contributed by atoms with Gasteiger partial charge in [0.2, 0.25) is 0 Å². The van der Waals surface area contributed by atoms with E-state index in [1.807, 2.05) is 12.1 Å². The largest absolute Gasteiger partial charge is 0.481 e. The van der Waals surface area contributed by atoms with Crippen LogP contribution in [-0.2, 0) is 17.9 Å². The Morgan fingerprint density at radius 3 is 2.52 bits per heavy atom. The van der Waals surface area contributed by atoms with Crippen LogP contribution in [-0.4, -0.2) is 36.3 Å². The summed E-state index contributed by atoms with van der Waals surface area (Å²) < 4.78 is 5.68. The molecule has 144 valence electrons. The summed E-state index contributed by atoms with van der Waals surface area (Å²) in [6.45, 7) is 7.64. The van der Waals surface area contributed by atoms with Gasteiger partial charge in [0, 0.05) is 18.7 Å². The van der Waals surface area contributed by atoms with E-state index in [1.54, 1.807) is 31.2 Å². The fourth-order valence-corrected chi connectivity index (χ4v) is 2.64. The Morgan fingerprint density at radius 1 is 1.11 bits per heavy atom. The van der Waals surface area contributed by atoms with Gasteiger partial charge in [-0.3, -0.25) is 9.59 Å². The summed E-state index contributed by atoms with van der Waals surface area (Å²) in [5, 5.41) is 2.91. The second-order valence-corrected chi connectivity index (χ2v) is 6.71. The van der Waals surface area contributed by atoms with Gasteiger partial charge in [-0.15, -0.1) is 0 Å². The highest BCUT2D eigenvalue weighted by molar-refractivity contribution is 5.94. The van der Waals surface area contributed by atoms with Crippen molar-refractivity contribution < 1.29 is 14.3 Å². The van der Waals surface area contributed by atoms with E-state index in [0.29, 0.717) is 17.9 Å². The van der Waals surface area contributed by atoms with Crippen molar-refractivity contribution in [1.29, 1.82) is 0 Å². The van der Waals surface area contributed by atoms with Crippen LogP contribution in [0.5, 0.6) is 5.75 Å². The average Bonchev–Trinajstić information content (AvgIpc) is 2.66. The van der Waals surface area contributed by atoms with Gasteiger partial charge in [-0.2, -0.15) is 0 Å². The Bertz CT molecular complexity index is 789. The third-order valence-electron chi connectivity index (χ3n) is 4.37. The van der Waals surface area contributed by atoms with Crippen LogP contribution >= 0.6 is 0 Å². The minimum Gasteiger partial charge on any atom is -0.481 e. The van der Waals surface area contributed by atoms with Crippen LogP contribution in [0.3, 0.4) is 0 Å². The molecule has 0 aliphatic heterocycles. The van der Waals surface area contributed by atoms with Crippen molar-refractivity contribution in [3.05, 3.63) is 65.2 Å². The van der Waals surface area contributed by atoms with Crippen molar-refractivity contribution in [3.8, 4) is 5.75 Å². The molecule has 0 aliphatic rings. The lowest BCUT2D eigenvalue weighted by atomic mass is 10.1. The quantitative estimate of drug-likeness (QED) is 0.689. The first kappa shape index (κ1) is 20.6. The van der Waals surface area contributed by atoms with E-state index >= 15 is 0 Å². The highest BCUT2D eigenvalue weighted by Gasteiger charge is 2.15. The number of Topliss-reactive ketones (excluding diaryl/α,β-unsaturated/α-hetero) is 1. The number of benzene rings is 2. The van der Waals surface area contributed by atoms with E-state index in [9.17, 15) is 9.59 Å². The molecular formula is C22H28N2O3. The van der Waals surface area contributed by atoms with Gasteiger partial charge in [0.15, 0.2) is 11.9 Å². The van der Waals surface area contributed by atoms with Crippen LogP contribution in [0.4, 0.5) is 0 Å². The van der Waals surface area contributed by atoms with E-state index in [1.165, 1.54) is 12.5 Å². The number of hydrogen-bond donors (Lipinski definition) is 1. The summed E-state index contributed by atoms with van der Waals surface area (Å²) in [7, 11) is 2.08. The van der Waals surface area contributed by atoms with Gasteiger partial charge in [-0.05, 0) is 50.7 Å². The standard InChI is InChI=1S/C22H28N2O3/c1-5-24(4)15-19-9-6-8-18(12-19)14-23-22(26)17(3)27-21-11-7-10-20(13-21)16(2)25/h6-13,17H,5,14-15H2,1-4H3,(H,23,26). The number of ketones is 1. The van der Waals surface area contributed by atoms with Gasteiger partial charge < -0.3 is 15.0 Å². The van der Waals surface area contributed by atoms with Crippen molar-refractivity contribution in [1.82, 2.24) is 10.2 Å². The predicted molar refractivity (Wildman–Crippen MR) is 107 cm³/mol. The maximum Gasteiger partial charge on any atom is 0.261 e. The highest BCUT2D eigenvalue weighted by Crippen LogP contribution is 2.15. The van der Waals surface area contributed by atoms with Gasteiger partial charge in [0.05, 0.1) is 0 Å². The molecule has 0 heterocycles. The van der Waals surface area contributed by atoms with Crippen LogP contribution in [0.1, 0.15) is 42.3 Å². The highest BCUT2D eigenvalue weighted by atomic mass is 16.5. The van der Waals surface area contributed by atoms with Gasteiger partial charge in [0.25, 0.3) is 5.91 Å². The van der Waals surface area contributed by atoms with Crippen LogP contribution in [0.25, 0.3) is 0 Å². The van der Waals surface area contributed by atoms with Crippen molar-refractivity contribution in [3.63, 3.8) is 0 Å². The second-order valence-electron chi connectivity index (χ2n) is 6.71. The number of amides is 1. The van der Waals surface area contributed by atoms with Gasteiger partial charge >= 0.3 is 0 Å². The Balaban J connectivity index is 1.90. The lowest BCUT2D eigenvalue weighted by molar-refractivity contribution is -0.127. The SMILES string of the molecule is CCN(C)Cc1cccc(CNC(=O)C(C)Oc2cccc(C(C)=O)c2)c1. The van der Waals surface area contributed by atoms with Gasteiger partial charge in [-0.25, -0.2) is 0 Å². The van der Waals surface area contributed by atoms with Crippen LogP contribution < -0.4 is 10.1 Å². The molecule has 2 aromatic rings. The molecule has 5 nitrogen and oxygen atoms in total. The molecule has 1 N–H and O–H groups in total. The van der Waals surface area contributed by atoms with E-state index < -0.39 is 6.10 Å². The van der Waals surface area contributed by atoms with Crippen molar-refractivity contribution in [2.24, 2.45) is 0 Å². The number of rotatable bonds is 9. The van der Waals surface area contributed by atoms with Crippen molar-refractivity contribution in [2.45, 2.75) is 40.0 Å². The van der Waals surface area contributed by atoms with Crippen molar-refractivity contribution >= 4 is 11.7 Å². The maximum absolute atomic E-state index is 12.3. The minimum atomic E-state index is -0.651. The molecule has 0 aromatic heterocycles. The zero-order chi connectivity index (χ0) is 19.8. The second kappa shape index (κ2) is 9.88. The molecule has 5 heteroatoms. The smallest absolute Gasteiger partial charge is 0.261 e. The summed E-state index contributed by atoms with van der Waals surface area (Å²) in [5.41, 5.74) is 2.83. The first-order chi connectivity index (χ1) is 12.9. The Kier molecular flexibility index (Phi) is 7.55. The Morgan fingerprint density at radius 2 is 1.81 bits per heavy atom. The number of nitrogens with one attached hydrogen (secondary N) is 1. The monoisotopic (exact) mass is 368 g/mol. The number of hydrogen-bond acceptors (Lipinski definition) is 4. The molecule has 1 atom stereocenters. The number of carbonyl (C=O) groups excluding carboxylic acids is 2. The topological polar surface area (TPSA) is 58.6 Å². The number of ether oxygens (including phenoxy) is 1. The normalized spacial score (nSPS) is 11.9. The molecule has 0 saturated heterocycles. The summed E-state index contributed by atoms with van der Waals surface area (Å²) >= 11 is 0. The molecule has 1 unspecified atom stereocenters. The first-order valence-corrected chi connectivity index (χ1v) is 9.20. The summed E-state index contributed by atoms with van der Waals surface area (Å²) in [4.78, 5) is 26.0. The molecule has 0 aliphatic carbocycles. The average molecular weight is 368 g/mol. The van der Waals surface area contributed by atoms with Crippen LogP contribution in [0, 0.1) is 0 Å². The third kappa shape index (κ3) is 6.53. The lowest BCUT2D eigenvalue weighted by Gasteiger charge is -2.16. The molecule has 27 heavy (non-hydrogen) atoms. The molecule has 0 bridgehead atoms. The first-order valence-electron chi connectivity index (χ1n) is 9.20. The Hall–Kier alpha value is -2.66. The molecule has 2 aromatic carbocycles. The maximum atomic E-state index is 12.3. The Labute approximate surface area is 161 Å². The zero-order valence-corrected chi connectivity index (χ0v) is 16.5. The number of nitrogens with zero attached hydrogens (tertiary/aromatic N) is 1. The summed E-state index contributed by atoms with van der Waals surface area (Å²) in [6.07, 6.45) is -0.651. The molecule has 0 fully saturated rings. The fourth-order valence-electron chi connectivity index (χ4n) is 2.64. The third-order valence-corrected chi connectivity index (χ3v) is 4.37. The zero-order valence-electron chi connectivity index (χ0n) is 16.5. The molecule has 0 radical (unpaired) electrons. The molecule has 1 amide bonds. The molecular weight excluding hydrogens is 340 g/mol. The van der Waals surface area contributed by atoms with Crippen LogP contribution in [0.2, 0.25) is 0 Å². The molecule has 0 spiro atoms. The minimum absolute atomic E-state index is 0.0360.